The van der Waals surface area contributed by atoms with E-state index in [9.17, 15) is 19.2 Å². The summed E-state index contributed by atoms with van der Waals surface area (Å²) in [7, 11) is 0. The van der Waals surface area contributed by atoms with Crippen LogP contribution in [0.2, 0.25) is 0 Å². The number of halogens is 1. The molecular formula is C26H32ClN3O5. The number of amides is 3. The summed E-state index contributed by atoms with van der Waals surface area (Å²) in [5.74, 6) is -3.39. The standard InChI is InChI=1S/C26H31N3O5.ClH/c1-15(2)23(24(31)22-16(3)25(32)29-26(22)33)28-21(30)13-20(27)18-9-11-19(12-10-18)34-14-17-7-5-4-6-8-17;/h4-12,15-16,20,22-23H,13-14,27H2,1-3H3,(H,28,30)(H,29,32,33);1H/t16-,20?,22+,23-;/m0./s1. The van der Waals surface area contributed by atoms with E-state index in [1.807, 2.05) is 30.3 Å². The molecule has 4 N–H and O–H groups in total. The van der Waals surface area contributed by atoms with Crippen LogP contribution in [0, 0.1) is 17.8 Å². The Morgan fingerprint density at radius 1 is 1.03 bits per heavy atom. The molecule has 0 aromatic heterocycles. The Bertz CT molecular complexity index is 1040. The highest BCUT2D eigenvalue weighted by molar-refractivity contribution is 6.16. The Morgan fingerprint density at radius 2 is 1.66 bits per heavy atom. The summed E-state index contributed by atoms with van der Waals surface area (Å²) in [6.07, 6.45) is -0.0356. The molecule has 188 valence electrons. The van der Waals surface area contributed by atoms with Crippen molar-refractivity contribution >= 4 is 35.9 Å². The lowest BCUT2D eigenvalue weighted by atomic mass is 9.85. The first-order valence-corrected chi connectivity index (χ1v) is 11.4. The number of ketones is 1. The van der Waals surface area contributed by atoms with Crippen molar-refractivity contribution in [1.29, 1.82) is 0 Å². The minimum Gasteiger partial charge on any atom is -0.489 e. The molecule has 1 aliphatic heterocycles. The number of ether oxygens (including phenoxy) is 1. The molecule has 0 spiro atoms. The Labute approximate surface area is 211 Å². The van der Waals surface area contributed by atoms with Crippen molar-refractivity contribution in [2.45, 2.75) is 45.9 Å². The lowest BCUT2D eigenvalue weighted by Crippen LogP contribution is -2.49. The van der Waals surface area contributed by atoms with Gasteiger partial charge in [-0.15, -0.1) is 12.4 Å². The Kier molecular flexibility index (Phi) is 9.98. The van der Waals surface area contributed by atoms with E-state index in [0.29, 0.717) is 12.4 Å². The van der Waals surface area contributed by atoms with E-state index in [1.165, 1.54) is 6.92 Å². The molecule has 35 heavy (non-hydrogen) atoms. The van der Waals surface area contributed by atoms with Gasteiger partial charge in [0.15, 0.2) is 5.78 Å². The third-order valence-corrected chi connectivity index (χ3v) is 6.00. The summed E-state index contributed by atoms with van der Waals surface area (Å²) in [6.45, 7) is 5.53. The largest absolute Gasteiger partial charge is 0.489 e. The smallest absolute Gasteiger partial charge is 0.238 e. The van der Waals surface area contributed by atoms with E-state index < -0.39 is 47.4 Å². The van der Waals surface area contributed by atoms with Gasteiger partial charge in [0.05, 0.1) is 12.0 Å². The van der Waals surface area contributed by atoms with E-state index >= 15 is 0 Å². The summed E-state index contributed by atoms with van der Waals surface area (Å²) in [5.41, 5.74) is 8.04. The van der Waals surface area contributed by atoms with Gasteiger partial charge in [-0.25, -0.2) is 0 Å². The van der Waals surface area contributed by atoms with E-state index in [1.54, 1.807) is 38.1 Å². The van der Waals surface area contributed by atoms with Crippen LogP contribution in [0.5, 0.6) is 5.75 Å². The SMILES string of the molecule is CC(C)[C@H](NC(=O)CC(N)c1ccc(OCc2ccccc2)cc1)C(=O)[C@@H]1C(=O)NC(=O)[C@H]1C.Cl. The summed E-state index contributed by atoms with van der Waals surface area (Å²) in [4.78, 5) is 49.5. The first kappa shape index (κ1) is 28.0. The lowest BCUT2D eigenvalue weighted by molar-refractivity contribution is -0.137. The van der Waals surface area contributed by atoms with Gasteiger partial charge in [0.2, 0.25) is 17.7 Å². The second kappa shape index (κ2) is 12.5. The molecule has 8 nitrogen and oxygen atoms in total. The zero-order valence-electron chi connectivity index (χ0n) is 20.0. The van der Waals surface area contributed by atoms with Crippen molar-refractivity contribution in [2.75, 3.05) is 0 Å². The number of carbonyl (C=O) groups is 4. The first-order valence-electron chi connectivity index (χ1n) is 11.4. The number of nitrogens with two attached hydrogens (primary N) is 1. The fourth-order valence-electron chi connectivity index (χ4n) is 3.93. The van der Waals surface area contributed by atoms with Crippen molar-refractivity contribution < 1.29 is 23.9 Å². The topological polar surface area (TPSA) is 128 Å². The minimum absolute atomic E-state index is 0. The number of hydrogen-bond donors (Lipinski definition) is 3. The summed E-state index contributed by atoms with van der Waals surface area (Å²) < 4.78 is 5.77. The third kappa shape index (κ3) is 7.13. The molecule has 0 saturated carbocycles. The van der Waals surface area contributed by atoms with Crippen LogP contribution in [0.3, 0.4) is 0 Å². The van der Waals surface area contributed by atoms with E-state index in [2.05, 4.69) is 10.6 Å². The normalized spacial score (nSPS) is 18.9. The van der Waals surface area contributed by atoms with Crippen LogP contribution in [-0.2, 0) is 25.8 Å². The average Bonchev–Trinajstić information content (AvgIpc) is 3.07. The zero-order valence-corrected chi connectivity index (χ0v) is 20.8. The second-order valence-corrected chi connectivity index (χ2v) is 8.97. The third-order valence-electron chi connectivity index (χ3n) is 6.00. The molecular weight excluding hydrogens is 470 g/mol. The quantitative estimate of drug-likeness (QED) is 0.339. The monoisotopic (exact) mass is 501 g/mol. The molecule has 2 aromatic carbocycles. The van der Waals surface area contributed by atoms with E-state index in [-0.39, 0.29) is 24.7 Å². The van der Waals surface area contributed by atoms with Crippen LogP contribution in [0.25, 0.3) is 0 Å². The number of imide groups is 1. The molecule has 2 aromatic rings. The van der Waals surface area contributed by atoms with Crippen molar-refractivity contribution in [2.24, 2.45) is 23.5 Å². The molecule has 4 atom stereocenters. The number of carbonyl (C=O) groups excluding carboxylic acids is 4. The molecule has 1 heterocycles. The predicted octanol–water partition coefficient (Wildman–Crippen LogP) is 2.70. The number of hydrogen-bond acceptors (Lipinski definition) is 6. The molecule has 3 rings (SSSR count). The van der Waals surface area contributed by atoms with Crippen LogP contribution in [-0.4, -0.2) is 29.5 Å². The number of rotatable bonds is 10. The number of nitrogens with one attached hydrogen (secondary N) is 2. The fourth-order valence-corrected chi connectivity index (χ4v) is 3.93. The van der Waals surface area contributed by atoms with Gasteiger partial charge in [0, 0.05) is 12.5 Å². The molecule has 0 aliphatic carbocycles. The predicted molar refractivity (Wildman–Crippen MR) is 134 cm³/mol. The Balaban J connectivity index is 0.00000432. The first-order chi connectivity index (χ1) is 16.2. The van der Waals surface area contributed by atoms with Crippen molar-refractivity contribution in [1.82, 2.24) is 10.6 Å². The van der Waals surface area contributed by atoms with Crippen LogP contribution in [0.4, 0.5) is 0 Å². The fraction of sp³-hybridized carbons (Fsp3) is 0.385. The maximum absolute atomic E-state index is 13.0. The summed E-state index contributed by atoms with van der Waals surface area (Å²) in [5, 5.41) is 4.89. The van der Waals surface area contributed by atoms with Crippen molar-refractivity contribution in [3.8, 4) is 5.75 Å². The molecule has 0 bridgehead atoms. The van der Waals surface area contributed by atoms with Crippen LogP contribution in [0.1, 0.15) is 44.4 Å². The highest BCUT2D eigenvalue weighted by Gasteiger charge is 2.46. The van der Waals surface area contributed by atoms with Crippen LogP contribution >= 0.6 is 12.4 Å². The lowest BCUT2D eigenvalue weighted by Gasteiger charge is -2.25. The summed E-state index contributed by atoms with van der Waals surface area (Å²) in [6, 6.07) is 15.5. The molecule has 1 aliphatic rings. The van der Waals surface area contributed by atoms with Crippen LogP contribution < -0.4 is 21.1 Å². The Morgan fingerprint density at radius 3 is 2.20 bits per heavy atom. The van der Waals surface area contributed by atoms with Gasteiger partial charge in [0.25, 0.3) is 0 Å². The van der Waals surface area contributed by atoms with E-state index in [4.69, 9.17) is 10.5 Å². The van der Waals surface area contributed by atoms with Gasteiger partial charge >= 0.3 is 0 Å². The average molecular weight is 502 g/mol. The minimum atomic E-state index is -1.10. The second-order valence-electron chi connectivity index (χ2n) is 8.97. The molecule has 1 unspecified atom stereocenters. The summed E-state index contributed by atoms with van der Waals surface area (Å²) >= 11 is 0. The van der Waals surface area contributed by atoms with Crippen molar-refractivity contribution in [3.05, 3.63) is 65.7 Å². The van der Waals surface area contributed by atoms with Gasteiger partial charge in [-0.1, -0.05) is 63.2 Å². The molecule has 9 heteroatoms. The molecule has 0 radical (unpaired) electrons. The number of Topliss-reactive ketones (excluding diaryl/α,β-unsaturated/α-hetero) is 1. The van der Waals surface area contributed by atoms with Gasteiger partial charge in [0.1, 0.15) is 18.3 Å². The van der Waals surface area contributed by atoms with Crippen molar-refractivity contribution in [3.63, 3.8) is 0 Å². The molecule has 3 amide bonds. The Hall–Kier alpha value is -3.23. The van der Waals surface area contributed by atoms with E-state index in [0.717, 1.165) is 11.1 Å². The highest BCUT2D eigenvalue weighted by Crippen LogP contribution is 2.24. The van der Waals surface area contributed by atoms with Gasteiger partial charge in [-0.3, -0.25) is 24.5 Å². The van der Waals surface area contributed by atoms with Gasteiger partial charge in [-0.05, 0) is 29.2 Å². The maximum atomic E-state index is 13.0. The number of benzene rings is 2. The van der Waals surface area contributed by atoms with Gasteiger partial charge in [-0.2, -0.15) is 0 Å². The van der Waals surface area contributed by atoms with Crippen LogP contribution in [0.15, 0.2) is 54.6 Å². The maximum Gasteiger partial charge on any atom is 0.238 e. The molecule has 1 saturated heterocycles. The highest BCUT2D eigenvalue weighted by atomic mass is 35.5. The van der Waals surface area contributed by atoms with Gasteiger partial charge < -0.3 is 15.8 Å². The zero-order chi connectivity index (χ0) is 24.8. The molecule has 1 fully saturated rings.